The summed E-state index contributed by atoms with van der Waals surface area (Å²) in [4.78, 5) is 26.0. The third-order valence-electron chi connectivity index (χ3n) is 5.59. The van der Waals surface area contributed by atoms with Crippen LogP contribution in [-0.4, -0.2) is 43.9 Å². The van der Waals surface area contributed by atoms with Crippen LogP contribution in [0.3, 0.4) is 0 Å². The lowest BCUT2D eigenvalue weighted by molar-refractivity contribution is -0.145. The van der Waals surface area contributed by atoms with Gasteiger partial charge in [0.05, 0.1) is 17.9 Å². The number of rotatable bonds is 6. The zero-order chi connectivity index (χ0) is 24.6. The van der Waals surface area contributed by atoms with E-state index in [1.54, 1.807) is 6.20 Å². The highest BCUT2D eigenvalue weighted by Crippen LogP contribution is 2.42. The summed E-state index contributed by atoms with van der Waals surface area (Å²) >= 11 is 4.64. The molecule has 0 saturated heterocycles. The molecule has 1 unspecified atom stereocenters. The van der Waals surface area contributed by atoms with Crippen LogP contribution >= 0.6 is 11.6 Å². The molecule has 7 nitrogen and oxygen atoms in total. The van der Waals surface area contributed by atoms with Crippen LogP contribution in [0.25, 0.3) is 10.8 Å². The normalized spacial score (nSPS) is 17.8. The Bertz CT molecular complexity index is 1190. The second-order valence-electron chi connectivity index (χ2n) is 9.09. The van der Waals surface area contributed by atoms with Crippen LogP contribution in [0.2, 0.25) is 0 Å². The van der Waals surface area contributed by atoms with Gasteiger partial charge in [-0.3, -0.25) is 14.6 Å². The molecule has 180 valence electrons. The summed E-state index contributed by atoms with van der Waals surface area (Å²) in [7, 11) is -2.66. The topological polar surface area (TPSA) is 102 Å². The van der Waals surface area contributed by atoms with Gasteiger partial charge in [-0.1, -0.05) is 0 Å². The van der Waals surface area contributed by atoms with Crippen LogP contribution in [-0.2, 0) is 37.2 Å². The first kappa shape index (κ1) is 25.5. The average molecular weight is 499 g/mol. The zero-order valence-corrected chi connectivity index (χ0v) is 20.6. The van der Waals surface area contributed by atoms with E-state index in [2.05, 4.69) is 21.3 Å². The lowest BCUT2D eigenvalue weighted by Crippen LogP contribution is -2.35. The number of benzene rings is 1. The summed E-state index contributed by atoms with van der Waals surface area (Å²) in [5.41, 5.74) is 0.608. The first-order chi connectivity index (χ1) is 15.3. The van der Waals surface area contributed by atoms with Gasteiger partial charge in [0.2, 0.25) is 15.3 Å². The molecule has 1 aromatic heterocycles. The van der Waals surface area contributed by atoms with Gasteiger partial charge in [-0.25, -0.2) is 17.5 Å². The lowest BCUT2D eigenvalue weighted by Gasteiger charge is -2.18. The first-order valence-electron chi connectivity index (χ1n) is 10.7. The number of pyridine rings is 1. The summed E-state index contributed by atoms with van der Waals surface area (Å²) in [6, 6.07) is 3.75. The fourth-order valence-corrected chi connectivity index (χ4v) is 5.63. The Morgan fingerprint density at radius 1 is 1.27 bits per heavy atom. The van der Waals surface area contributed by atoms with Crippen molar-refractivity contribution in [1.82, 2.24) is 9.71 Å². The number of nitrogens with one attached hydrogen (secondary N) is 1. The highest BCUT2D eigenvalue weighted by molar-refractivity contribution is 7.89. The van der Waals surface area contributed by atoms with Crippen molar-refractivity contribution in [2.24, 2.45) is 5.92 Å². The molecule has 4 rings (SSSR count). The number of methoxy groups -OCH3 is 1. The molecule has 10 heteroatoms. The second kappa shape index (κ2) is 9.64. The minimum absolute atomic E-state index is 0.143. The third-order valence-corrected chi connectivity index (χ3v) is 7.12. The van der Waals surface area contributed by atoms with E-state index in [9.17, 15) is 22.4 Å². The largest absolute Gasteiger partial charge is 0.469 e. The summed E-state index contributed by atoms with van der Waals surface area (Å²) in [5, 5.41) is 0.925. The number of fused-ring (bicyclic) bond motifs is 2. The fourth-order valence-electron chi connectivity index (χ4n) is 3.95. The van der Waals surface area contributed by atoms with E-state index in [4.69, 9.17) is 4.74 Å². The van der Waals surface area contributed by atoms with Gasteiger partial charge in [-0.2, -0.15) is 0 Å². The molecule has 1 saturated carbocycles. The monoisotopic (exact) mass is 498 g/mol. The molecule has 1 fully saturated rings. The quantitative estimate of drug-likeness (QED) is 0.480. The lowest BCUT2D eigenvalue weighted by atomic mass is 10.0. The molecule has 1 atom stereocenters. The van der Waals surface area contributed by atoms with Crippen molar-refractivity contribution in [3.05, 3.63) is 35.2 Å². The van der Waals surface area contributed by atoms with Crippen molar-refractivity contribution in [2.45, 2.75) is 62.9 Å². The standard InChI is InChI=1S/C21H25FN2O4S.C2H3ClO/c1-21(2,22)11-24-29(26,27)19-16-8-14(20(25)28-3)6-13(16)7-15-10-23-18(9-17(15)19)12-4-5-12;1-2(3)4/h7,9-10,12,14,24H,4-6,8,11H2,1-3H3;1H3. The molecule has 2 aliphatic rings. The number of hydrogen-bond donors (Lipinski definition) is 1. The zero-order valence-electron chi connectivity index (χ0n) is 19.1. The van der Waals surface area contributed by atoms with Gasteiger partial charge in [0.25, 0.3) is 0 Å². The number of ether oxygens (including phenoxy) is 1. The highest BCUT2D eigenvalue weighted by atomic mass is 35.5. The van der Waals surface area contributed by atoms with Gasteiger partial charge in [0.1, 0.15) is 5.67 Å². The number of alkyl halides is 1. The first-order valence-corrected chi connectivity index (χ1v) is 12.6. The van der Waals surface area contributed by atoms with Gasteiger partial charge >= 0.3 is 5.97 Å². The molecule has 2 aliphatic carbocycles. The van der Waals surface area contributed by atoms with Gasteiger partial charge in [-0.15, -0.1) is 0 Å². The summed E-state index contributed by atoms with van der Waals surface area (Å²) in [6.07, 6.45) is 4.50. The maximum Gasteiger partial charge on any atom is 0.309 e. The number of aromatic nitrogens is 1. The fraction of sp³-hybridized carbons (Fsp3) is 0.522. The van der Waals surface area contributed by atoms with Gasteiger partial charge in [-0.05, 0) is 74.4 Å². The predicted octanol–water partition coefficient (Wildman–Crippen LogP) is 3.80. The van der Waals surface area contributed by atoms with E-state index in [1.165, 1.54) is 27.9 Å². The predicted molar refractivity (Wildman–Crippen MR) is 124 cm³/mol. The maximum absolute atomic E-state index is 14.0. The number of hydrogen-bond acceptors (Lipinski definition) is 6. The van der Waals surface area contributed by atoms with Crippen LogP contribution in [0.1, 0.15) is 56.4 Å². The van der Waals surface area contributed by atoms with Crippen LogP contribution in [0.15, 0.2) is 23.2 Å². The van der Waals surface area contributed by atoms with Crippen molar-refractivity contribution < 1.29 is 27.1 Å². The average Bonchev–Trinajstić information content (AvgIpc) is 3.48. The van der Waals surface area contributed by atoms with Crippen LogP contribution in [0, 0.1) is 5.92 Å². The van der Waals surface area contributed by atoms with Crippen LogP contribution < -0.4 is 4.72 Å². The summed E-state index contributed by atoms with van der Waals surface area (Å²) in [6.45, 7) is 3.61. The Balaban J connectivity index is 0.000000709. The number of esters is 1. The second-order valence-corrected chi connectivity index (χ2v) is 11.3. The Kier molecular flexibility index (Phi) is 7.45. The molecule has 1 N–H and O–H groups in total. The van der Waals surface area contributed by atoms with Crippen molar-refractivity contribution in [3.8, 4) is 0 Å². The Labute approximate surface area is 198 Å². The third kappa shape index (κ3) is 6.28. The minimum atomic E-state index is -3.99. The molecule has 1 heterocycles. The SMILES string of the molecule is CC(=O)Cl.COC(=O)C1Cc2cc3cnc(C4CC4)cc3c(S(=O)(=O)NCC(C)(C)F)c2C1. The number of carbonyl (C=O) groups excluding carboxylic acids is 2. The Morgan fingerprint density at radius 2 is 1.91 bits per heavy atom. The molecular weight excluding hydrogens is 471 g/mol. The number of nitrogens with zero attached hydrogens (tertiary/aromatic N) is 1. The van der Waals surface area contributed by atoms with Crippen molar-refractivity contribution in [3.63, 3.8) is 0 Å². The van der Waals surface area contributed by atoms with Crippen LogP contribution in [0.5, 0.6) is 0 Å². The summed E-state index contributed by atoms with van der Waals surface area (Å²) < 4.78 is 47.9. The maximum atomic E-state index is 14.0. The molecule has 2 aromatic rings. The molecule has 0 radical (unpaired) electrons. The van der Waals surface area contributed by atoms with Crippen molar-refractivity contribution in [1.29, 1.82) is 0 Å². The molecule has 33 heavy (non-hydrogen) atoms. The van der Waals surface area contributed by atoms with Crippen molar-refractivity contribution in [2.75, 3.05) is 13.7 Å². The van der Waals surface area contributed by atoms with Crippen molar-refractivity contribution >= 4 is 43.6 Å². The van der Waals surface area contributed by atoms with E-state index < -0.39 is 21.6 Å². The van der Waals surface area contributed by atoms with E-state index >= 15 is 0 Å². The smallest absolute Gasteiger partial charge is 0.309 e. The van der Waals surface area contributed by atoms with E-state index in [0.29, 0.717) is 28.7 Å². The molecule has 0 spiro atoms. The molecule has 0 amide bonds. The van der Waals surface area contributed by atoms with E-state index in [0.717, 1.165) is 24.1 Å². The Morgan fingerprint density at radius 3 is 2.45 bits per heavy atom. The number of halogens is 2. The molecular formula is C23H28ClFN2O5S. The molecule has 0 bridgehead atoms. The van der Waals surface area contributed by atoms with Crippen LogP contribution in [0.4, 0.5) is 4.39 Å². The number of sulfonamides is 1. The van der Waals surface area contributed by atoms with Gasteiger partial charge in [0, 0.05) is 42.0 Å². The highest BCUT2D eigenvalue weighted by Gasteiger charge is 2.36. The van der Waals surface area contributed by atoms with E-state index in [-0.39, 0.29) is 29.1 Å². The van der Waals surface area contributed by atoms with Gasteiger partial charge in [0.15, 0.2) is 0 Å². The number of carbonyl (C=O) groups is 2. The van der Waals surface area contributed by atoms with E-state index in [1.807, 2.05) is 12.1 Å². The molecule has 1 aromatic carbocycles. The summed E-state index contributed by atoms with van der Waals surface area (Å²) in [5.74, 6) is -0.416. The minimum Gasteiger partial charge on any atom is -0.469 e. The molecule has 0 aliphatic heterocycles. The Hall–Kier alpha value is -2.10. The van der Waals surface area contributed by atoms with Gasteiger partial charge < -0.3 is 4.74 Å².